The van der Waals surface area contributed by atoms with Crippen molar-refractivity contribution in [2.24, 2.45) is 45.3 Å². The van der Waals surface area contributed by atoms with Gasteiger partial charge in [0.2, 0.25) is 0 Å². The maximum Gasteiger partial charge on any atom is 0.453 e. The zero-order valence-electron chi connectivity index (χ0n) is 50.2. The van der Waals surface area contributed by atoms with Gasteiger partial charge < -0.3 is 10.2 Å². The molecule has 10 rings (SSSR count). The molecule has 0 saturated heterocycles. The molecule has 0 aliphatic heterocycles. The zero-order valence-corrected chi connectivity index (χ0v) is 51.0. The molecule has 0 aromatic carbocycles. The van der Waals surface area contributed by atoms with Crippen molar-refractivity contribution in [3.63, 3.8) is 0 Å². The molecule has 84 heavy (non-hydrogen) atoms. The van der Waals surface area contributed by atoms with Crippen LogP contribution in [-0.2, 0) is 20.4 Å². The second-order valence-electron chi connectivity index (χ2n) is 29.3. The topological polar surface area (TPSA) is 91.7 Å². The van der Waals surface area contributed by atoms with Crippen LogP contribution in [0.1, 0.15) is 271 Å². The van der Waals surface area contributed by atoms with Gasteiger partial charge in [-0.05, 0) is 210 Å². The van der Waals surface area contributed by atoms with Crippen molar-refractivity contribution in [2.75, 3.05) is 0 Å². The number of hydrogen-bond donors (Lipinski definition) is 2. The minimum Gasteiger partial charge on any atom is -0.389 e. The Morgan fingerprint density at radius 2 is 0.810 bits per heavy atom. The standard InChI is InChI=1S/C68H96F10O5S/c1-59-43-47(57-53-25-23-49(79)41-45(53)21-27-55(57)61(59)33-37-63(59,81)38-34-61)17-13-9-5-3-7-11-15-19-51(29-31-65(69,70)67(73,74)75)84(83)52(30-32-66(71,72)68(76,77)78)20-16-12-8-4-6-10-14-18-48-44-60(2)62(35-39-64(60,82)40-36-62)56-28-22-46-42-50(80)24-26-54(46)58(48)56/h41-42,47-48,51-52,55-56,81-82H,3-40,43-44H2,1-2H3/t47-,48-,51?,52?,55+,56+,59-,60-,61?,62?,63?,64?,84?/m0/s1. The van der Waals surface area contributed by atoms with E-state index in [0.717, 1.165) is 180 Å². The van der Waals surface area contributed by atoms with E-state index in [2.05, 4.69) is 13.8 Å². The Balaban J connectivity index is 0.703. The SMILES string of the molecule is C[C@]12C[C@H](CCCCCCCCCC(CCC(F)(F)C(F)(F)F)S(=O)C(CCCCCCCCC[C@H]3C[C@]4(C)C5(O)CCC4(CC5)[C@@H]4CCC5=CC(=O)CCC5=C34)CCC(F)(F)C(F)(F)F)C3=C4CCC(=O)C=C4CC[C@H]3C13CCC2(O)CC3. The molecule has 474 valence electrons. The third-order valence-corrected chi connectivity index (χ3v) is 27.7. The molecule has 6 fully saturated rings. The maximum atomic E-state index is 14.4. The fourth-order valence-corrected chi connectivity index (χ4v) is 22.8. The van der Waals surface area contributed by atoms with Gasteiger partial charge in [0.1, 0.15) is 0 Å². The van der Waals surface area contributed by atoms with Crippen LogP contribution < -0.4 is 0 Å². The summed E-state index contributed by atoms with van der Waals surface area (Å²) in [6, 6.07) is 0. The molecular weight excluding hydrogens is 1120 g/mol. The highest BCUT2D eigenvalue weighted by molar-refractivity contribution is 7.86. The number of aliphatic hydroxyl groups is 2. The largest absolute Gasteiger partial charge is 0.453 e. The first kappa shape index (κ1) is 64.6. The number of rotatable bonds is 28. The van der Waals surface area contributed by atoms with Crippen LogP contribution in [0, 0.1) is 45.3 Å². The lowest BCUT2D eigenvalue weighted by atomic mass is 9.47. The van der Waals surface area contributed by atoms with Crippen LogP contribution in [0.5, 0.6) is 0 Å². The van der Waals surface area contributed by atoms with Crippen LogP contribution in [0.2, 0.25) is 0 Å². The summed E-state index contributed by atoms with van der Waals surface area (Å²) < 4.78 is 153. The molecule has 8 atom stereocenters. The molecule has 2 unspecified atom stereocenters. The fraction of sp³-hybridized carbons (Fsp3) is 0.853. The van der Waals surface area contributed by atoms with Gasteiger partial charge in [0.05, 0.1) is 11.2 Å². The minimum absolute atomic E-state index is 0.0136. The Bertz CT molecular complexity index is 2410. The van der Waals surface area contributed by atoms with E-state index < -0.39 is 82.4 Å². The van der Waals surface area contributed by atoms with E-state index in [1.165, 1.54) is 22.3 Å². The molecule has 6 saturated carbocycles. The van der Waals surface area contributed by atoms with Crippen molar-refractivity contribution < 1.29 is 67.9 Å². The number of hydrogen-bond acceptors (Lipinski definition) is 5. The second kappa shape index (κ2) is 24.5. The zero-order chi connectivity index (χ0) is 60.4. The van der Waals surface area contributed by atoms with E-state index >= 15 is 0 Å². The predicted octanol–water partition coefficient (Wildman–Crippen LogP) is 19.1. The number of allylic oxidation sites excluding steroid dienone is 8. The lowest BCUT2D eigenvalue weighted by molar-refractivity contribution is -0.284. The first-order chi connectivity index (χ1) is 39.6. The van der Waals surface area contributed by atoms with Gasteiger partial charge in [0.15, 0.2) is 11.6 Å². The molecule has 16 heteroatoms. The lowest BCUT2D eigenvalue weighted by Gasteiger charge is -2.58. The van der Waals surface area contributed by atoms with Crippen LogP contribution in [0.25, 0.3) is 0 Å². The Labute approximate surface area is 495 Å². The van der Waals surface area contributed by atoms with Gasteiger partial charge in [-0.2, -0.15) is 43.9 Å². The number of alkyl halides is 10. The number of carbonyl (C=O) groups is 2. The normalized spacial score (nSPS) is 35.7. The smallest absolute Gasteiger partial charge is 0.389 e. The molecule has 0 radical (unpaired) electrons. The fourth-order valence-electron chi connectivity index (χ4n) is 20.8. The maximum absolute atomic E-state index is 14.4. The van der Waals surface area contributed by atoms with Crippen molar-refractivity contribution in [3.8, 4) is 0 Å². The van der Waals surface area contributed by atoms with Crippen LogP contribution in [-0.4, -0.2) is 71.9 Å². The summed E-state index contributed by atoms with van der Waals surface area (Å²) in [6.07, 6.45) is 15.7. The average molecular weight is 1220 g/mol. The highest BCUT2D eigenvalue weighted by Gasteiger charge is 2.75. The molecule has 5 nitrogen and oxygen atoms in total. The highest BCUT2D eigenvalue weighted by atomic mass is 32.2. The van der Waals surface area contributed by atoms with Gasteiger partial charge in [-0.1, -0.05) is 115 Å². The molecule has 4 bridgehead atoms. The van der Waals surface area contributed by atoms with Crippen molar-refractivity contribution >= 4 is 22.4 Å². The third kappa shape index (κ3) is 11.7. The van der Waals surface area contributed by atoms with Crippen LogP contribution >= 0.6 is 0 Å². The number of halogens is 10. The van der Waals surface area contributed by atoms with Gasteiger partial charge in [0, 0.05) is 57.8 Å². The van der Waals surface area contributed by atoms with Crippen molar-refractivity contribution in [2.45, 2.75) is 317 Å². The molecule has 0 amide bonds. The highest BCUT2D eigenvalue weighted by Crippen LogP contribution is 2.80. The molecule has 0 spiro atoms. The van der Waals surface area contributed by atoms with Crippen LogP contribution in [0.15, 0.2) is 45.6 Å². The summed E-state index contributed by atoms with van der Waals surface area (Å²) in [5.41, 5.74) is 6.99. The summed E-state index contributed by atoms with van der Waals surface area (Å²) in [6.45, 7) is 4.68. The molecule has 0 aromatic rings. The van der Waals surface area contributed by atoms with Gasteiger partial charge in [-0.25, -0.2) is 0 Å². The molecule has 10 aliphatic carbocycles. The number of carbonyl (C=O) groups excluding carboxylic acids is 2. The molecule has 0 heterocycles. The Kier molecular flexibility index (Phi) is 18.8. The number of unbranched alkanes of at least 4 members (excludes halogenated alkanes) is 12. The summed E-state index contributed by atoms with van der Waals surface area (Å²) in [7, 11) is -2.26. The summed E-state index contributed by atoms with van der Waals surface area (Å²) >= 11 is 0. The van der Waals surface area contributed by atoms with E-state index in [4.69, 9.17) is 0 Å². The Hall–Kier alpha value is -2.33. The first-order valence-corrected chi connectivity index (χ1v) is 34.5. The first-order valence-electron chi connectivity index (χ1n) is 33.2. The summed E-state index contributed by atoms with van der Waals surface area (Å²) in [5.74, 6) is -8.26. The minimum atomic E-state index is -5.86. The summed E-state index contributed by atoms with van der Waals surface area (Å²) in [4.78, 5) is 25.0. The van der Waals surface area contributed by atoms with Crippen molar-refractivity contribution in [1.82, 2.24) is 0 Å². The van der Waals surface area contributed by atoms with Gasteiger partial charge >= 0.3 is 24.2 Å². The average Bonchev–Trinajstić information content (AvgIpc) is 1.49. The van der Waals surface area contributed by atoms with Crippen LogP contribution in [0.3, 0.4) is 0 Å². The van der Waals surface area contributed by atoms with Gasteiger partial charge in [-0.3, -0.25) is 13.8 Å². The number of fused-ring (bicyclic) bond motifs is 4. The summed E-state index contributed by atoms with van der Waals surface area (Å²) in [5, 5.41) is 21.5. The third-order valence-electron chi connectivity index (χ3n) is 25.5. The van der Waals surface area contributed by atoms with E-state index in [9.17, 15) is 67.9 Å². The monoisotopic (exact) mass is 1210 g/mol. The second-order valence-corrected chi connectivity index (χ2v) is 31.3. The van der Waals surface area contributed by atoms with Crippen molar-refractivity contribution in [1.29, 1.82) is 0 Å². The number of ketones is 2. The van der Waals surface area contributed by atoms with E-state index in [0.29, 0.717) is 62.2 Å². The molecular formula is C68H96F10O5S. The van der Waals surface area contributed by atoms with E-state index in [1.807, 2.05) is 12.2 Å². The van der Waals surface area contributed by atoms with Gasteiger partial charge in [-0.15, -0.1) is 0 Å². The van der Waals surface area contributed by atoms with Crippen LogP contribution in [0.4, 0.5) is 43.9 Å². The van der Waals surface area contributed by atoms with E-state index in [1.54, 1.807) is 11.1 Å². The van der Waals surface area contributed by atoms with Gasteiger partial charge in [0.25, 0.3) is 0 Å². The molecule has 2 N–H and O–H groups in total. The predicted molar refractivity (Wildman–Crippen MR) is 308 cm³/mol. The van der Waals surface area contributed by atoms with Crippen molar-refractivity contribution in [3.05, 3.63) is 45.6 Å². The molecule has 10 aliphatic rings. The Morgan fingerprint density at radius 3 is 1.15 bits per heavy atom. The molecule has 0 aromatic heterocycles. The van der Waals surface area contributed by atoms with E-state index in [-0.39, 0.29) is 46.1 Å². The Morgan fingerprint density at radius 1 is 0.476 bits per heavy atom. The quantitative estimate of drug-likeness (QED) is 0.0602. The lowest BCUT2D eigenvalue weighted by Crippen LogP contribution is -2.53.